The van der Waals surface area contributed by atoms with Crippen LogP contribution < -0.4 is 10.0 Å². The Morgan fingerprint density at radius 2 is 2.05 bits per heavy atom. The minimum absolute atomic E-state index is 0.111. The molecule has 1 aromatic heterocycles. The fraction of sp³-hybridized carbons (Fsp3) is 0.0909. The van der Waals surface area contributed by atoms with Gasteiger partial charge in [0.15, 0.2) is 5.13 Å². The second kappa shape index (κ2) is 5.47. The summed E-state index contributed by atoms with van der Waals surface area (Å²) in [6.07, 6.45) is 2.32. The van der Waals surface area contributed by atoms with Crippen LogP contribution >= 0.6 is 11.3 Å². The number of thiazole rings is 1. The molecule has 1 heterocycles. The van der Waals surface area contributed by atoms with Gasteiger partial charge in [0.25, 0.3) is 5.91 Å². The lowest BCUT2D eigenvalue weighted by Crippen LogP contribution is -2.11. The van der Waals surface area contributed by atoms with Crippen molar-refractivity contribution in [3.63, 3.8) is 0 Å². The molecule has 3 N–H and O–H groups in total. The van der Waals surface area contributed by atoms with Crippen LogP contribution in [0.3, 0.4) is 0 Å². The smallest absolute Gasteiger partial charge is 0.261 e. The number of nitrogens with zero attached hydrogens (tertiary/aromatic N) is 1. The first kappa shape index (κ1) is 14.3. The highest BCUT2D eigenvalue weighted by atomic mass is 32.2. The summed E-state index contributed by atoms with van der Waals surface area (Å²) in [5, 5.41) is 12.5. The van der Waals surface area contributed by atoms with Gasteiger partial charge in [-0.05, 0) is 12.1 Å². The van der Waals surface area contributed by atoms with Crippen LogP contribution in [0, 0.1) is 0 Å². The van der Waals surface area contributed by atoms with E-state index in [1.807, 2.05) is 0 Å². The molecular formula is C11H11N3O4S2. The first-order valence-corrected chi connectivity index (χ1v) is 8.09. The molecule has 0 saturated carbocycles. The zero-order valence-corrected chi connectivity index (χ0v) is 12.0. The second-order valence-corrected chi connectivity index (χ2v) is 6.65. The van der Waals surface area contributed by atoms with Gasteiger partial charge in [-0.2, -0.15) is 0 Å². The highest BCUT2D eigenvalue weighted by Gasteiger charge is 2.13. The molecule has 1 aromatic carbocycles. The summed E-state index contributed by atoms with van der Waals surface area (Å²) in [5.41, 5.74) is 0.111. The van der Waals surface area contributed by atoms with Crippen LogP contribution in [-0.2, 0) is 10.0 Å². The van der Waals surface area contributed by atoms with E-state index in [4.69, 9.17) is 0 Å². The van der Waals surface area contributed by atoms with Crippen LogP contribution in [0.25, 0.3) is 0 Å². The standard InChI is InChI=1S/C11H11N3O4S2/c1-20(17,18)14-9-6-12-11(19-9)13-10(16)7-4-2-3-5-8(7)15/h2-6,14-15H,1H3,(H,12,13,16). The number of para-hydroxylation sites is 1. The third-order valence-corrected chi connectivity index (χ3v) is 3.71. The molecule has 20 heavy (non-hydrogen) atoms. The third-order valence-electron chi connectivity index (χ3n) is 2.16. The summed E-state index contributed by atoms with van der Waals surface area (Å²) in [6, 6.07) is 6.08. The average molecular weight is 313 g/mol. The molecule has 2 aromatic rings. The number of amides is 1. The van der Waals surface area contributed by atoms with Crippen molar-refractivity contribution in [1.29, 1.82) is 0 Å². The fourth-order valence-corrected chi connectivity index (χ4v) is 2.99. The van der Waals surface area contributed by atoms with Gasteiger partial charge in [0.2, 0.25) is 10.0 Å². The number of rotatable bonds is 4. The van der Waals surface area contributed by atoms with Gasteiger partial charge in [-0.15, -0.1) is 0 Å². The topological polar surface area (TPSA) is 108 Å². The van der Waals surface area contributed by atoms with Crippen molar-refractivity contribution in [2.45, 2.75) is 0 Å². The van der Waals surface area contributed by atoms with E-state index in [-0.39, 0.29) is 16.4 Å². The van der Waals surface area contributed by atoms with E-state index in [0.29, 0.717) is 5.00 Å². The lowest BCUT2D eigenvalue weighted by molar-refractivity contribution is 0.102. The summed E-state index contributed by atoms with van der Waals surface area (Å²) < 4.78 is 24.3. The predicted octanol–water partition coefficient (Wildman–Crippen LogP) is 1.47. The average Bonchev–Trinajstić information content (AvgIpc) is 2.74. The van der Waals surface area contributed by atoms with Crippen molar-refractivity contribution >= 4 is 37.4 Å². The Kier molecular flexibility index (Phi) is 3.91. The molecule has 7 nitrogen and oxygen atoms in total. The van der Waals surface area contributed by atoms with Crippen LogP contribution in [0.1, 0.15) is 10.4 Å². The van der Waals surface area contributed by atoms with E-state index in [1.54, 1.807) is 12.1 Å². The molecule has 0 atom stereocenters. The highest BCUT2D eigenvalue weighted by molar-refractivity contribution is 7.92. The molecule has 2 rings (SSSR count). The van der Waals surface area contributed by atoms with E-state index in [1.165, 1.54) is 18.3 Å². The zero-order chi connectivity index (χ0) is 14.8. The molecule has 0 bridgehead atoms. The number of anilines is 2. The number of benzene rings is 1. The van der Waals surface area contributed by atoms with Crippen LogP contribution in [0.15, 0.2) is 30.5 Å². The Morgan fingerprint density at radius 3 is 2.70 bits per heavy atom. The van der Waals surface area contributed by atoms with Crippen molar-refractivity contribution in [2.24, 2.45) is 0 Å². The van der Waals surface area contributed by atoms with E-state index in [9.17, 15) is 18.3 Å². The van der Waals surface area contributed by atoms with Crippen molar-refractivity contribution in [3.05, 3.63) is 36.0 Å². The van der Waals surface area contributed by atoms with Gasteiger partial charge in [0.05, 0.1) is 18.0 Å². The molecule has 9 heteroatoms. The lowest BCUT2D eigenvalue weighted by Gasteiger charge is -2.03. The summed E-state index contributed by atoms with van der Waals surface area (Å²) in [5.74, 6) is -0.667. The number of phenolic OH excluding ortho intramolecular Hbond substituents is 1. The maximum Gasteiger partial charge on any atom is 0.261 e. The quantitative estimate of drug-likeness (QED) is 0.792. The molecule has 0 saturated heterocycles. The van der Waals surface area contributed by atoms with Gasteiger partial charge in [-0.1, -0.05) is 23.5 Å². The SMILES string of the molecule is CS(=O)(=O)Nc1cnc(NC(=O)c2ccccc2O)s1. The Labute approximate surface area is 119 Å². The summed E-state index contributed by atoms with van der Waals surface area (Å²) in [7, 11) is -3.38. The second-order valence-electron chi connectivity index (χ2n) is 3.88. The Balaban J connectivity index is 2.11. The monoisotopic (exact) mass is 313 g/mol. The number of aromatic nitrogens is 1. The number of hydrogen-bond acceptors (Lipinski definition) is 6. The van der Waals surface area contributed by atoms with Gasteiger partial charge in [-0.25, -0.2) is 13.4 Å². The number of phenols is 1. The molecule has 0 unspecified atom stereocenters. The summed E-state index contributed by atoms with van der Waals surface area (Å²) >= 11 is 0.974. The van der Waals surface area contributed by atoms with Gasteiger partial charge < -0.3 is 5.11 Å². The summed E-state index contributed by atoms with van der Waals surface area (Å²) in [4.78, 5) is 15.8. The maximum atomic E-state index is 11.9. The van der Waals surface area contributed by atoms with Crippen molar-refractivity contribution in [2.75, 3.05) is 16.3 Å². The van der Waals surface area contributed by atoms with Gasteiger partial charge >= 0.3 is 0 Å². The van der Waals surface area contributed by atoms with E-state index >= 15 is 0 Å². The van der Waals surface area contributed by atoms with Crippen LogP contribution in [0.5, 0.6) is 5.75 Å². The molecule has 0 aliphatic carbocycles. The molecule has 0 fully saturated rings. The molecule has 1 amide bonds. The molecule has 0 aliphatic rings. The molecule has 0 aliphatic heterocycles. The van der Waals surface area contributed by atoms with Gasteiger partial charge in [-0.3, -0.25) is 14.8 Å². The van der Waals surface area contributed by atoms with Crippen LogP contribution in [-0.4, -0.2) is 30.7 Å². The Bertz CT molecular complexity index is 740. The number of nitrogens with one attached hydrogen (secondary N) is 2. The Hall–Kier alpha value is -2.13. The van der Waals surface area contributed by atoms with Crippen molar-refractivity contribution < 1.29 is 18.3 Å². The zero-order valence-electron chi connectivity index (χ0n) is 10.3. The fourth-order valence-electron chi connectivity index (χ4n) is 1.39. The largest absolute Gasteiger partial charge is 0.507 e. The third kappa shape index (κ3) is 3.68. The predicted molar refractivity (Wildman–Crippen MR) is 76.6 cm³/mol. The number of carbonyl (C=O) groups excluding carboxylic acids is 1. The Morgan fingerprint density at radius 1 is 1.35 bits per heavy atom. The molecule has 0 spiro atoms. The summed E-state index contributed by atoms with van der Waals surface area (Å²) in [6.45, 7) is 0. The number of sulfonamides is 1. The van der Waals surface area contributed by atoms with E-state index < -0.39 is 15.9 Å². The minimum atomic E-state index is -3.38. The molecular weight excluding hydrogens is 302 g/mol. The maximum absolute atomic E-state index is 11.9. The first-order valence-electron chi connectivity index (χ1n) is 5.38. The van der Waals surface area contributed by atoms with Gasteiger partial charge in [0.1, 0.15) is 10.8 Å². The van der Waals surface area contributed by atoms with Crippen molar-refractivity contribution in [1.82, 2.24) is 4.98 Å². The normalized spacial score (nSPS) is 11.1. The van der Waals surface area contributed by atoms with E-state index in [2.05, 4.69) is 15.0 Å². The number of aromatic hydroxyl groups is 1. The molecule has 106 valence electrons. The van der Waals surface area contributed by atoms with Crippen LogP contribution in [0.4, 0.5) is 10.1 Å². The number of carbonyl (C=O) groups is 1. The minimum Gasteiger partial charge on any atom is -0.507 e. The lowest BCUT2D eigenvalue weighted by atomic mass is 10.2. The highest BCUT2D eigenvalue weighted by Crippen LogP contribution is 2.25. The first-order chi connectivity index (χ1) is 9.35. The number of hydrogen-bond donors (Lipinski definition) is 3. The van der Waals surface area contributed by atoms with E-state index in [0.717, 1.165) is 17.6 Å². The molecule has 0 radical (unpaired) electrons. The van der Waals surface area contributed by atoms with Crippen molar-refractivity contribution in [3.8, 4) is 5.75 Å². The van der Waals surface area contributed by atoms with Crippen LogP contribution in [0.2, 0.25) is 0 Å². The van der Waals surface area contributed by atoms with Gasteiger partial charge in [0, 0.05) is 0 Å².